The predicted molar refractivity (Wildman–Crippen MR) is 52.9 cm³/mol. The Hall–Kier alpha value is -2.31. The van der Waals surface area contributed by atoms with E-state index in [2.05, 4.69) is 6.58 Å². The zero-order valence-corrected chi connectivity index (χ0v) is 8.05. The summed E-state index contributed by atoms with van der Waals surface area (Å²) in [5.74, 6) is -1.02. The lowest BCUT2D eigenvalue weighted by Gasteiger charge is -1.99. The summed E-state index contributed by atoms with van der Waals surface area (Å²) in [6, 6.07) is 3.13. The number of nitrogens with zero attached hydrogens (tertiary/aromatic N) is 2. The molecule has 0 spiro atoms. The molecule has 0 unspecified atom stereocenters. The number of rotatable bonds is 4. The quantitative estimate of drug-likeness (QED) is 0.580. The van der Waals surface area contributed by atoms with Gasteiger partial charge in [0, 0.05) is 6.07 Å². The number of hydrogen-bond donors (Lipinski definition) is 0. The molecule has 0 saturated heterocycles. The standard InChI is InChI=1S/C9H7FN2O4/c1-6(11(13)14)4-7-2-3-9(12(15)16)8(10)5-7/h2-3,5H,1,4H2. The van der Waals surface area contributed by atoms with Gasteiger partial charge in [-0.3, -0.25) is 20.2 Å². The van der Waals surface area contributed by atoms with Crippen LogP contribution in [0.25, 0.3) is 0 Å². The first-order chi connectivity index (χ1) is 7.41. The maximum atomic E-state index is 13.1. The van der Waals surface area contributed by atoms with E-state index < -0.39 is 21.4 Å². The van der Waals surface area contributed by atoms with Gasteiger partial charge >= 0.3 is 5.69 Å². The highest BCUT2D eigenvalue weighted by molar-refractivity contribution is 5.35. The van der Waals surface area contributed by atoms with Gasteiger partial charge in [0.2, 0.25) is 11.5 Å². The van der Waals surface area contributed by atoms with Gasteiger partial charge in [-0.25, -0.2) is 0 Å². The van der Waals surface area contributed by atoms with E-state index in [1.165, 1.54) is 6.07 Å². The minimum absolute atomic E-state index is 0.151. The van der Waals surface area contributed by atoms with Crippen LogP contribution >= 0.6 is 0 Å². The monoisotopic (exact) mass is 226 g/mol. The van der Waals surface area contributed by atoms with E-state index in [0.717, 1.165) is 12.1 Å². The van der Waals surface area contributed by atoms with Crippen molar-refractivity contribution in [3.63, 3.8) is 0 Å². The zero-order chi connectivity index (χ0) is 12.3. The molecule has 0 aliphatic heterocycles. The van der Waals surface area contributed by atoms with Crippen LogP contribution in [0.3, 0.4) is 0 Å². The molecule has 1 aromatic rings. The molecule has 0 aromatic heterocycles. The molecule has 0 aliphatic carbocycles. The largest absolute Gasteiger partial charge is 0.304 e. The van der Waals surface area contributed by atoms with Gasteiger partial charge in [-0.15, -0.1) is 0 Å². The molecule has 0 heterocycles. The minimum Gasteiger partial charge on any atom is -0.259 e. The Morgan fingerprint density at radius 2 is 2.00 bits per heavy atom. The average molecular weight is 226 g/mol. The van der Waals surface area contributed by atoms with Crippen LogP contribution in [-0.2, 0) is 6.42 Å². The predicted octanol–water partition coefficient (Wildman–Crippen LogP) is 2.07. The van der Waals surface area contributed by atoms with Crippen LogP contribution in [0.4, 0.5) is 10.1 Å². The third kappa shape index (κ3) is 2.59. The fourth-order valence-electron chi connectivity index (χ4n) is 1.11. The normalized spacial score (nSPS) is 9.81. The Labute approximate surface area is 89.3 Å². The first-order valence-electron chi connectivity index (χ1n) is 4.17. The Kier molecular flexibility index (Phi) is 3.29. The molecule has 0 atom stereocenters. The minimum atomic E-state index is -1.02. The molecule has 1 aromatic carbocycles. The number of nitro benzene ring substituents is 1. The first-order valence-corrected chi connectivity index (χ1v) is 4.17. The van der Waals surface area contributed by atoms with E-state index in [0.29, 0.717) is 0 Å². The summed E-state index contributed by atoms with van der Waals surface area (Å²) in [5.41, 5.74) is -0.687. The molecule has 0 fully saturated rings. The summed E-state index contributed by atoms with van der Waals surface area (Å²) >= 11 is 0. The van der Waals surface area contributed by atoms with E-state index in [4.69, 9.17) is 0 Å². The van der Waals surface area contributed by atoms with Crippen molar-refractivity contribution in [2.24, 2.45) is 0 Å². The first kappa shape index (κ1) is 11.8. The summed E-state index contributed by atoms with van der Waals surface area (Å²) in [5, 5.41) is 20.6. The third-order valence-electron chi connectivity index (χ3n) is 1.88. The second-order valence-corrected chi connectivity index (χ2v) is 3.04. The van der Waals surface area contributed by atoms with Gasteiger partial charge in [0.05, 0.1) is 16.3 Å². The Bertz CT molecular complexity index is 473. The third-order valence-corrected chi connectivity index (χ3v) is 1.88. The molecule has 0 amide bonds. The average Bonchev–Trinajstić information content (AvgIpc) is 2.16. The van der Waals surface area contributed by atoms with Crippen LogP contribution in [0, 0.1) is 26.0 Å². The van der Waals surface area contributed by atoms with Crippen LogP contribution in [0.2, 0.25) is 0 Å². The van der Waals surface area contributed by atoms with E-state index >= 15 is 0 Å². The highest BCUT2D eigenvalue weighted by Crippen LogP contribution is 2.19. The lowest BCUT2D eigenvalue weighted by Crippen LogP contribution is -2.01. The van der Waals surface area contributed by atoms with Crippen LogP contribution in [-0.4, -0.2) is 9.85 Å². The van der Waals surface area contributed by atoms with Crippen molar-refractivity contribution in [3.8, 4) is 0 Å². The van der Waals surface area contributed by atoms with Gasteiger partial charge in [-0.2, -0.15) is 4.39 Å². The zero-order valence-electron chi connectivity index (χ0n) is 8.05. The Balaban J connectivity index is 2.94. The van der Waals surface area contributed by atoms with Crippen molar-refractivity contribution in [2.75, 3.05) is 0 Å². The number of benzene rings is 1. The van der Waals surface area contributed by atoms with Gasteiger partial charge in [0.15, 0.2) is 0 Å². The van der Waals surface area contributed by atoms with Crippen LogP contribution in [0.5, 0.6) is 0 Å². The van der Waals surface area contributed by atoms with Gasteiger partial charge in [-0.1, -0.05) is 6.07 Å². The van der Waals surface area contributed by atoms with Crippen molar-refractivity contribution in [3.05, 3.63) is 62.1 Å². The van der Waals surface area contributed by atoms with Crippen LogP contribution in [0.1, 0.15) is 5.56 Å². The van der Waals surface area contributed by atoms with Crippen LogP contribution < -0.4 is 0 Å². The van der Waals surface area contributed by atoms with E-state index in [-0.39, 0.29) is 17.7 Å². The van der Waals surface area contributed by atoms with Crippen molar-refractivity contribution >= 4 is 5.69 Å². The number of halogens is 1. The molecule has 0 bridgehead atoms. The molecular weight excluding hydrogens is 219 g/mol. The van der Waals surface area contributed by atoms with Gasteiger partial charge in [-0.05, 0) is 18.2 Å². The van der Waals surface area contributed by atoms with E-state index in [1.807, 2.05) is 0 Å². The number of hydrogen-bond acceptors (Lipinski definition) is 4. The Morgan fingerprint density at radius 1 is 1.38 bits per heavy atom. The summed E-state index contributed by atoms with van der Waals surface area (Å²) in [4.78, 5) is 19.0. The molecule has 0 radical (unpaired) electrons. The molecular formula is C9H7FN2O4. The molecule has 0 N–H and O–H groups in total. The fraction of sp³-hybridized carbons (Fsp3) is 0.111. The molecule has 6 nitrogen and oxygen atoms in total. The fourth-order valence-corrected chi connectivity index (χ4v) is 1.11. The van der Waals surface area contributed by atoms with E-state index in [1.54, 1.807) is 0 Å². The highest BCUT2D eigenvalue weighted by atomic mass is 19.1. The Morgan fingerprint density at radius 3 is 2.44 bits per heavy atom. The summed E-state index contributed by atoms with van der Waals surface area (Å²) in [6.45, 7) is 3.18. The lowest BCUT2D eigenvalue weighted by molar-refractivity contribution is -0.426. The van der Waals surface area contributed by atoms with Gasteiger partial charge in [0.25, 0.3) is 0 Å². The number of allylic oxidation sites excluding steroid dienone is 1. The topological polar surface area (TPSA) is 86.3 Å². The maximum absolute atomic E-state index is 13.1. The second-order valence-electron chi connectivity index (χ2n) is 3.04. The molecule has 7 heteroatoms. The molecule has 84 valence electrons. The SMILES string of the molecule is C=C(Cc1ccc([N+](=O)[O-])c(F)c1)[N+](=O)[O-]. The van der Waals surface area contributed by atoms with E-state index in [9.17, 15) is 24.6 Å². The summed E-state index contributed by atoms with van der Waals surface area (Å²) in [6.07, 6.45) is -0.151. The van der Waals surface area contributed by atoms with Gasteiger partial charge in [0.1, 0.15) is 0 Å². The van der Waals surface area contributed by atoms with Gasteiger partial charge < -0.3 is 0 Å². The lowest BCUT2D eigenvalue weighted by atomic mass is 10.1. The number of nitro groups is 2. The molecule has 1 rings (SSSR count). The summed E-state index contributed by atoms with van der Waals surface area (Å²) in [7, 11) is 0. The molecule has 16 heavy (non-hydrogen) atoms. The van der Waals surface area contributed by atoms with Crippen LogP contribution in [0.15, 0.2) is 30.5 Å². The maximum Gasteiger partial charge on any atom is 0.304 e. The second kappa shape index (κ2) is 4.47. The van der Waals surface area contributed by atoms with Crippen molar-refractivity contribution in [1.29, 1.82) is 0 Å². The highest BCUT2D eigenvalue weighted by Gasteiger charge is 2.15. The molecule has 0 saturated carbocycles. The van der Waals surface area contributed by atoms with Crippen molar-refractivity contribution < 1.29 is 14.2 Å². The van der Waals surface area contributed by atoms with Crippen molar-refractivity contribution in [1.82, 2.24) is 0 Å². The smallest absolute Gasteiger partial charge is 0.259 e. The summed E-state index contributed by atoms with van der Waals surface area (Å²) < 4.78 is 13.1. The van der Waals surface area contributed by atoms with Crippen molar-refractivity contribution in [2.45, 2.75) is 6.42 Å². The molecule has 0 aliphatic rings.